The van der Waals surface area contributed by atoms with E-state index >= 15 is 0 Å². The summed E-state index contributed by atoms with van der Waals surface area (Å²) in [6.45, 7) is 5.98. The van der Waals surface area contributed by atoms with E-state index < -0.39 is 0 Å². The smallest absolute Gasteiger partial charge is 0.262 e. The Hall–Kier alpha value is -1.89. The van der Waals surface area contributed by atoms with Crippen molar-refractivity contribution < 1.29 is 4.79 Å². The number of hydrogen-bond donors (Lipinski definition) is 0. The van der Waals surface area contributed by atoms with Gasteiger partial charge >= 0.3 is 0 Å². The first-order chi connectivity index (χ1) is 12.0. The van der Waals surface area contributed by atoms with Crippen molar-refractivity contribution >= 4 is 51.4 Å². The molecule has 2 heterocycles. The van der Waals surface area contributed by atoms with Gasteiger partial charge in [-0.05, 0) is 37.3 Å². The number of rotatable bonds is 6. The molecule has 3 rings (SSSR count). The Morgan fingerprint density at radius 3 is 2.88 bits per heavy atom. The van der Waals surface area contributed by atoms with Crippen molar-refractivity contribution in [2.45, 2.75) is 18.6 Å². The first-order valence-corrected chi connectivity index (χ1v) is 9.71. The molecule has 0 spiro atoms. The lowest BCUT2D eigenvalue weighted by Crippen LogP contribution is -2.23. The largest absolute Gasteiger partial charge is 0.292 e. The summed E-state index contributed by atoms with van der Waals surface area (Å²) >= 11 is 8.72. The highest BCUT2D eigenvalue weighted by Gasteiger charge is 2.14. The number of aromatic nitrogens is 2. The zero-order chi connectivity index (χ0) is 18.0. The van der Waals surface area contributed by atoms with Gasteiger partial charge < -0.3 is 0 Å². The molecule has 0 aliphatic carbocycles. The molecule has 0 N–H and O–H groups in total. The molecule has 4 nitrogen and oxygen atoms in total. The Morgan fingerprint density at radius 1 is 1.40 bits per heavy atom. The second-order valence-corrected chi connectivity index (χ2v) is 8.05. The van der Waals surface area contributed by atoms with Crippen LogP contribution in [0.25, 0.3) is 10.9 Å². The van der Waals surface area contributed by atoms with Gasteiger partial charge in [0.05, 0.1) is 21.5 Å². The van der Waals surface area contributed by atoms with Crippen LogP contribution >= 0.6 is 34.7 Å². The number of thioether (sulfide) groups is 1. The molecule has 0 bridgehead atoms. The fraction of sp³-hybridized carbons (Fsp3) is 0.167. The lowest BCUT2D eigenvalue weighted by Gasteiger charge is -2.11. The van der Waals surface area contributed by atoms with Gasteiger partial charge in [-0.3, -0.25) is 14.2 Å². The van der Waals surface area contributed by atoms with Gasteiger partial charge in [-0.1, -0.05) is 29.4 Å². The molecule has 0 fully saturated rings. The van der Waals surface area contributed by atoms with E-state index in [4.69, 9.17) is 11.6 Å². The number of nitrogens with zero attached hydrogens (tertiary/aromatic N) is 2. The fourth-order valence-corrected chi connectivity index (χ4v) is 4.32. The molecule has 0 amide bonds. The number of fused-ring (bicyclic) bond motifs is 1. The van der Waals surface area contributed by atoms with Crippen molar-refractivity contribution in [3.05, 3.63) is 68.1 Å². The second kappa shape index (κ2) is 7.56. The van der Waals surface area contributed by atoms with Crippen molar-refractivity contribution in [2.24, 2.45) is 0 Å². The minimum Gasteiger partial charge on any atom is -0.292 e. The van der Waals surface area contributed by atoms with Crippen molar-refractivity contribution in [1.82, 2.24) is 9.55 Å². The summed E-state index contributed by atoms with van der Waals surface area (Å²) in [6, 6.07) is 8.78. The van der Waals surface area contributed by atoms with Crippen LogP contribution in [0.15, 0.2) is 52.9 Å². The van der Waals surface area contributed by atoms with Gasteiger partial charge in [0.1, 0.15) is 0 Å². The molecule has 0 radical (unpaired) electrons. The van der Waals surface area contributed by atoms with Gasteiger partial charge in [-0.25, -0.2) is 4.98 Å². The Morgan fingerprint density at radius 2 is 2.20 bits per heavy atom. The molecule has 7 heteroatoms. The van der Waals surface area contributed by atoms with E-state index in [9.17, 15) is 9.59 Å². The molecule has 0 aliphatic rings. The van der Waals surface area contributed by atoms with E-state index in [0.717, 1.165) is 9.75 Å². The second-order valence-electron chi connectivity index (χ2n) is 5.38. The molecular formula is C18H15ClN2O2S2. The van der Waals surface area contributed by atoms with E-state index in [0.29, 0.717) is 27.6 Å². The highest BCUT2D eigenvalue weighted by Crippen LogP contribution is 2.23. The van der Waals surface area contributed by atoms with Crippen molar-refractivity contribution in [1.29, 1.82) is 0 Å². The number of carbonyl (C=O) groups is 1. The van der Waals surface area contributed by atoms with Crippen LogP contribution in [0.4, 0.5) is 0 Å². The van der Waals surface area contributed by atoms with E-state index in [1.165, 1.54) is 27.7 Å². The van der Waals surface area contributed by atoms with Gasteiger partial charge in [0.2, 0.25) is 0 Å². The third-order valence-electron chi connectivity index (χ3n) is 3.54. The topological polar surface area (TPSA) is 52.0 Å². The van der Waals surface area contributed by atoms with Gasteiger partial charge in [0.25, 0.3) is 5.56 Å². The standard InChI is InChI=1S/C18H15ClN2O2S2/c1-3-8-21-17(23)13-9-12(19)5-6-14(13)20-18(21)24-10-15(22)16-7-4-11(2)25-16/h3-7,9H,1,8,10H2,2H3. The third-order valence-corrected chi connectivity index (χ3v) is 5.79. The Kier molecular flexibility index (Phi) is 5.42. The summed E-state index contributed by atoms with van der Waals surface area (Å²) in [5, 5.41) is 1.44. The molecule has 0 aliphatic heterocycles. The molecule has 1 aromatic carbocycles. The summed E-state index contributed by atoms with van der Waals surface area (Å²) in [6.07, 6.45) is 1.63. The number of halogens is 1. The van der Waals surface area contributed by atoms with Crippen LogP contribution in [-0.4, -0.2) is 21.1 Å². The average Bonchev–Trinajstić information content (AvgIpc) is 3.03. The number of thiophene rings is 1. The molecule has 25 heavy (non-hydrogen) atoms. The molecule has 3 aromatic rings. The molecule has 0 atom stereocenters. The highest BCUT2D eigenvalue weighted by molar-refractivity contribution is 7.99. The summed E-state index contributed by atoms with van der Waals surface area (Å²) in [5.74, 6) is 0.251. The number of allylic oxidation sites excluding steroid dienone is 1. The number of ketones is 1. The zero-order valence-electron chi connectivity index (χ0n) is 13.5. The first kappa shape index (κ1) is 17.9. The van der Waals surface area contributed by atoms with Gasteiger partial charge in [-0.15, -0.1) is 17.9 Å². The predicted octanol–water partition coefficient (Wildman–Crippen LogP) is 4.58. The van der Waals surface area contributed by atoms with Crippen LogP contribution in [0.3, 0.4) is 0 Å². The molecular weight excluding hydrogens is 376 g/mol. The maximum atomic E-state index is 12.7. The number of Topliss-reactive ketones (excluding diaryl/α,β-unsaturated/α-hetero) is 1. The Labute approximate surface area is 158 Å². The minimum atomic E-state index is -0.186. The van der Waals surface area contributed by atoms with E-state index in [1.807, 2.05) is 19.1 Å². The fourth-order valence-electron chi connectivity index (χ4n) is 2.36. The summed E-state index contributed by atoms with van der Waals surface area (Å²) in [5.41, 5.74) is 0.381. The van der Waals surface area contributed by atoms with Gasteiger partial charge in [-0.2, -0.15) is 0 Å². The lowest BCUT2D eigenvalue weighted by molar-refractivity contribution is 0.102. The maximum absolute atomic E-state index is 12.7. The zero-order valence-corrected chi connectivity index (χ0v) is 15.9. The van der Waals surface area contributed by atoms with Crippen LogP contribution in [0.2, 0.25) is 5.02 Å². The van der Waals surface area contributed by atoms with E-state index in [-0.39, 0.29) is 17.1 Å². The minimum absolute atomic E-state index is 0.0266. The van der Waals surface area contributed by atoms with Crippen LogP contribution in [0.5, 0.6) is 0 Å². The van der Waals surface area contributed by atoms with Crippen LogP contribution in [0.1, 0.15) is 14.5 Å². The normalized spacial score (nSPS) is 11.0. The SMILES string of the molecule is C=CCn1c(SCC(=O)c2ccc(C)s2)nc2ccc(Cl)cc2c1=O. The predicted molar refractivity (Wildman–Crippen MR) is 105 cm³/mol. The van der Waals surface area contributed by atoms with Crippen LogP contribution < -0.4 is 5.56 Å². The summed E-state index contributed by atoms with van der Waals surface area (Å²) in [7, 11) is 0. The van der Waals surface area contributed by atoms with Crippen LogP contribution in [-0.2, 0) is 6.54 Å². The molecule has 0 saturated carbocycles. The molecule has 0 saturated heterocycles. The number of benzene rings is 1. The summed E-state index contributed by atoms with van der Waals surface area (Å²) < 4.78 is 1.52. The van der Waals surface area contributed by atoms with E-state index in [1.54, 1.807) is 24.3 Å². The molecule has 2 aromatic heterocycles. The van der Waals surface area contributed by atoms with E-state index in [2.05, 4.69) is 11.6 Å². The van der Waals surface area contributed by atoms with Crippen molar-refractivity contribution in [2.75, 3.05) is 5.75 Å². The summed E-state index contributed by atoms with van der Waals surface area (Å²) in [4.78, 5) is 31.4. The number of carbonyl (C=O) groups excluding carboxylic acids is 1. The first-order valence-electron chi connectivity index (χ1n) is 7.53. The van der Waals surface area contributed by atoms with Crippen LogP contribution in [0, 0.1) is 6.92 Å². The van der Waals surface area contributed by atoms with Gasteiger partial charge in [0, 0.05) is 16.4 Å². The number of hydrogen-bond acceptors (Lipinski definition) is 5. The van der Waals surface area contributed by atoms with Crippen molar-refractivity contribution in [3.8, 4) is 0 Å². The van der Waals surface area contributed by atoms with Gasteiger partial charge in [0.15, 0.2) is 10.9 Å². The third kappa shape index (κ3) is 3.86. The average molecular weight is 391 g/mol. The lowest BCUT2D eigenvalue weighted by atomic mass is 10.2. The highest BCUT2D eigenvalue weighted by atomic mass is 35.5. The monoisotopic (exact) mass is 390 g/mol. The maximum Gasteiger partial charge on any atom is 0.262 e. The molecule has 0 unspecified atom stereocenters. The quantitative estimate of drug-likeness (QED) is 0.267. The Bertz CT molecular complexity index is 1020. The molecule has 128 valence electrons. The number of aryl methyl sites for hydroxylation is 1. The van der Waals surface area contributed by atoms with Crippen molar-refractivity contribution in [3.63, 3.8) is 0 Å². The Balaban J connectivity index is 1.95.